The molecule has 0 atom stereocenters. The van der Waals surface area contributed by atoms with Gasteiger partial charge in [-0.05, 0) is 6.07 Å². The van der Waals surface area contributed by atoms with Crippen molar-refractivity contribution in [3.8, 4) is 0 Å². The Balaban J connectivity index is 2.71. The molecule has 11 heavy (non-hydrogen) atoms. The molecule has 0 amide bonds. The maximum absolute atomic E-state index is 12.5. The van der Waals surface area contributed by atoms with Gasteiger partial charge in [-0.2, -0.15) is 4.39 Å². The molecule has 1 rings (SSSR count). The summed E-state index contributed by atoms with van der Waals surface area (Å²) in [7, 11) is 0. The van der Waals surface area contributed by atoms with Gasteiger partial charge in [-0.3, -0.25) is 0 Å². The lowest BCUT2D eigenvalue weighted by atomic mass is 10.5. The summed E-state index contributed by atoms with van der Waals surface area (Å²) in [6.07, 6.45) is 1.49. The first kappa shape index (κ1) is 8.53. The van der Waals surface area contributed by atoms with Gasteiger partial charge in [0.1, 0.15) is 0 Å². The van der Waals surface area contributed by atoms with Crippen LogP contribution in [0.4, 0.5) is 4.39 Å². The summed E-state index contributed by atoms with van der Waals surface area (Å²) < 4.78 is 12.5. The highest BCUT2D eigenvalue weighted by Gasteiger charge is 1.98. The Morgan fingerprint density at radius 2 is 2.27 bits per heavy atom. The van der Waals surface area contributed by atoms with Crippen LogP contribution in [0.5, 0.6) is 0 Å². The van der Waals surface area contributed by atoms with E-state index in [1.54, 1.807) is 11.8 Å². The van der Waals surface area contributed by atoms with Gasteiger partial charge >= 0.3 is 0 Å². The second-order valence-corrected chi connectivity index (χ2v) is 4.13. The lowest BCUT2D eigenvalue weighted by Gasteiger charge is -2.02. The average molecular weight is 171 g/mol. The van der Waals surface area contributed by atoms with Crippen molar-refractivity contribution in [2.24, 2.45) is 0 Å². The second kappa shape index (κ2) is 3.72. The van der Waals surface area contributed by atoms with Crippen molar-refractivity contribution in [2.45, 2.75) is 24.0 Å². The van der Waals surface area contributed by atoms with Crippen LogP contribution in [0.1, 0.15) is 13.8 Å². The Kier molecular flexibility index (Phi) is 2.88. The fraction of sp³-hybridized carbons (Fsp3) is 0.375. The molecule has 60 valence electrons. The molecule has 0 unspecified atom stereocenters. The van der Waals surface area contributed by atoms with Gasteiger partial charge in [-0.25, -0.2) is 4.98 Å². The quantitative estimate of drug-likeness (QED) is 0.501. The molecule has 0 aliphatic carbocycles. The lowest BCUT2D eigenvalue weighted by molar-refractivity contribution is 0.579. The van der Waals surface area contributed by atoms with E-state index in [1.165, 1.54) is 12.3 Å². The highest BCUT2D eigenvalue weighted by atomic mass is 32.2. The van der Waals surface area contributed by atoms with Gasteiger partial charge in [0.2, 0.25) is 5.95 Å². The van der Waals surface area contributed by atoms with Crippen molar-refractivity contribution >= 4 is 11.8 Å². The predicted octanol–water partition coefficient (Wildman–Crippen LogP) is 2.72. The van der Waals surface area contributed by atoms with E-state index in [9.17, 15) is 4.39 Å². The van der Waals surface area contributed by atoms with Crippen LogP contribution in [0.2, 0.25) is 0 Å². The standard InChI is InChI=1S/C8H10FNS/c1-6(2)11-7-3-4-10-8(9)5-7/h3-6H,1-2H3. The molecule has 0 N–H and O–H groups in total. The second-order valence-electron chi connectivity index (χ2n) is 2.48. The van der Waals surface area contributed by atoms with Gasteiger partial charge < -0.3 is 0 Å². The molecule has 0 aromatic carbocycles. The van der Waals surface area contributed by atoms with Crippen molar-refractivity contribution in [1.29, 1.82) is 0 Å². The van der Waals surface area contributed by atoms with Crippen LogP contribution in [-0.2, 0) is 0 Å². The molecule has 0 spiro atoms. The molecule has 0 fully saturated rings. The van der Waals surface area contributed by atoms with Crippen LogP contribution in [0.15, 0.2) is 23.2 Å². The van der Waals surface area contributed by atoms with Gasteiger partial charge in [0.15, 0.2) is 0 Å². The van der Waals surface area contributed by atoms with Crippen LogP contribution in [0.3, 0.4) is 0 Å². The van der Waals surface area contributed by atoms with E-state index in [1.807, 2.05) is 6.07 Å². The molecule has 3 heteroatoms. The highest BCUT2D eigenvalue weighted by Crippen LogP contribution is 2.21. The Morgan fingerprint density at radius 3 is 2.82 bits per heavy atom. The Morgan fingerprint density at radius 1 is 1.55 bits per heavy atom. The summed E-state index contributed by atoms with van der Waals surface area (Å²) in [4.78, 5) is 4.40. The topological polar surface area (TPSA) is 12.9 Å². The number of nitrogens with zero attached hydrogens (tertiary/aromatic N) is 1. The van der Waals surface area contributed by atoms with E-state index in [2.05, 4.69) is 18.8 Å². The Hall–Kier alpha value is -0.570. The number of hydrogen-bond acceptors (Lipinski definition) is 2. The molecular formula is C8H10FNS. The van der Waals surface area contributed by atoms with E-state index in [0.717, 1.165) is 4.90 Å². The average Bonchev–Trinajstić information content (AvgIpc) is 1.85. The van der Waals surface area contributed by atoms with E-state index in [-0.39, 0.29) is 0 Å². The molecule has 1 nitrogen and oxygen atoms in total. The third-order valence-electron chi connectivity index (χ3n) is 1.07. The van der Waals surface area contributed by atoms with Gasteiger partial charge in [0.25, 0.3) is 0 Å². The number of thioether (sulfide) groups is 1. The first-order chi connectivity index (χ1) is 5.18. The number of halogens is 1. The van der Waals surface area contributed by atoms with Crippen molar-refractivity contribution in [3.05, 3.63) is 24.3 Å². The summed E-state index contributed by atoms with van der Waals surface area (Å²) in [6, 6.07) is 3.26. The normalized spacial score (nSPS) is 10.5. The molecule has 1 aromatic rings. The number of aromatic nitrogens is 1. The lowest BCUT2D eigenvalue weighted by Crippen LogP contribution is -1.87. The number of rotatable bonds is 2. The molecule has 0 bridgehead atoms. The zero-order valence-electron chi connectivity index (χ0n) is 6.54. The molecule has 0 saturated heterocycles. The number of hydrogen-bond donors (Lipinski definition) is 0. The van der Waals surface area contributed by atoms with Gasteiger partial charge in [0.05, 0.1) is 0 Å². The smallest absolute Gasteiger partial charge is 0.213 e. The van der Waals surface area contributed by atoms with Gasteiger partial charge in [-0.15, -0.1) is 11.8 Å². The van der Waals surface area contributed by atoms with Gasteiger partial charge in [-0.1, -0.05) is 13.8 Å². The molecule has 1 aromatic heterocycles. The summed E-state index contributed by atoms with van der Waals surface area (Å²) in [5.74, 6) is -0.407. The summed E-state index contributed by atoms with van der Waals surface area (Å²) in [5.41, 5.74) is 0. The molecule has 0 aliphatic heterocycles. The number of pyridine rings is 1. The zero-order chi connectivity index (χ0) is 8.27. The minimum atomic E-state index is -0.407. The van der Waals surface area contributed by atoms with Gasteiger partial charge in [0, 0.05) is 22.4 Å². The zero-order valence-corrected chi connectivity index (χ0v) is 7.36. The molecule has 1 heterocycles. The minimum Gasteiger partial charge on any atom is -0.228 e. The van der Waals surface area contributed by atoms with E-state index in [4.69, 9.17) is 0 Å². The first-order valence-corrected chi connectivity index (χ1v) is 4.34. The van der Waals surface area contributed by atoms with Crippen molar-refractivity contribution < 1.29 is 4.39 Å². The van der Waals surface area contributed by atoms with E-state index < -0.39 is 5.95 Å². The maximum Gasteiger partial charge on any atom is 0.213 e. The van der Waals surface area contributed by atoms with Crippen LogP contribution in [0.25, 0.3) is 0 Å². The molecule has 0 radical (unpaired) electrons. The first-order valence-electron chi connectivity index (χ1n) is 3.46. The van der Waals surface area contributed by atoms with E-state index in [0.29, 0.717) is 5.25 Å². The third-order valence-corrected chi connectivity index (χ3v) is 2.07. The minimum absolute atomic E-state index is 0.407. The monoisotopic (exact) mass is 171 g/mol. The van der Waals surface area contributed by atoms with Crippen LogP contribution in [0, 0.1) is 5.95 Å². The fourth-order valence-electron chi connectivity index (χ4n) is 0.730. The summed E-state index contributed by atoms with van der Waals surface area (Å²) >= 11 is 1.63. The summed E-state index contributed by atoms with van der Waals surface area (Å²) in [5, 5.41) is 0.483. The largest absolute Gasteiger partial charge is 0.228 e. The molecule has 0 saturated carbocycles. The van der Waals surface area contributed by atoms with Crippen molar-refractivity contribution in [2.75, 3.05) is 0 Å². The van der Waals surface area contributed by atoms with Crippen LogP contribution < -0.4 is 0 Å². The third kappa shape index (κ3) is 2.89. The van der Waals surface area contributed by atoms with E-state index >= 15 is 0 Å². The SMILES string of the molecule is CC(C)Sc1ccnc(F)c1. The predicted molar refractivity (Wildman–Crippen MR) is 45.2 cm³/mol. The molecular weight excluding hydrogens is 161 g/mol. The van der Waals surface area contributed by atoms with Crippen LogP contribution >= 0.6 is 11.8 Å². The highest BCUT2D eigenvalue weighted by molar-refractivity contribution is 7.99. The van der Waals surface area contributed by atoms with Crippen LogP contribution in [-0.4, -0.2) is 10.2 Å². The Labute approximate surface area is 70.0 Å². The molecule has 0 aliphatic rings. The summed E-state index contributed by atoms with van der Waals surface area (Å²) in [6.45, 7) is 4.14. The van der Waals surface area contributed by atoms with Crippen molar-refractivity contribution in [3.63, 3.8) is 0 Å². The fourth-order valence-corrected chi connectivity index (χ4v) is 1.58. The maximum atomic E-state index is 12.5. The Bertz CT molecular complexity index is 237. The van der Waals surface area contributed by atoms with Crippen molar-refractivity contribution in [1.82, 2.24) is 4.98 Å².